The molecule has 2 N–H and O–H groups in total. The van der Waals surface area contributed by atoms with E-state index in [0.717, 1.165) is 6.26 Å². The fourth-order valence-corrected chi connectivity index (χ4v) is 2.15. The van der Waals surface area contributed by atoms with Crippen LogP contribution in [0.3, 0.4) is 0 Å². The highest BCUT2D eigenvalue weighted by Crippen LogP contribution is 2.39. The van der Waals surface area contributed by atoms with E-state index in [4.69, 9.17) is 10.3 Å². The Morgan fingerprint density at radius 2 is 2.05 bits per heavy atom. The molecule has 6 nitrogen and oxygen atoms in total. The highest BCUT2D eigenvalue weighted by atomic mass is 32.2. The first-order valence-corrected chi connectivity index (χ1v) is 7.50. The van der Waals surface area contributed by atoms with Gasteiger partial charge >= 0.3 is 0 Å². The van der Waals surface area contributed by atoms with Crippen LogP contribution >= 0.6 is 0 Å². The van der Waals surface area contributed by atoms with Crippen LogP contribution in [0.25, 0.3) is 11.1 Å². The van der Waals surface area contributed by atoms with Crippen molar-refractivity contribution in [2.75, 3.05) is 12.0 Å². The lowest BCUT2D eigenvalue weighted by atomic mass is 10.0. The fourth-order valence-electron chi connectivity index (χ4n) is 1.67. The second-order valence-corrected chi connectivity index (χ2v) is 7.36. The zero-order valence-corrected chi connectivity index (χ0v) is 11.7. The number of hydrogen-bond donors (Lipinski definition) is 1. The maximum atomic E-state index is 11.9. The number of nitrogens with two attached hydrogens (primary N) is 1. The van der Waals surface area contributed by atoms with Crippen LogP contribution in [0.4, 0.5) is 5.82 Å². The van der Waals surface area contributed by atoms with E-state index < -0.39 is 14.6 Å². The molecule has 0 aliphatic carbocycles. The minimum Gasteiger partial charge on any atom is -0.380 e. The Bertz CT molecular complexity index is 690. The minimum absolute atomic E-state index is 0.153. The Hall–Kier alpha value is -1.89. The van der Waals surface area contributed by atoms with Crippen LogP contribution in [0.1, 0.15) is 19.6 Å². The first-order chi connectivity index (χ1) is 8.75. The predicted octanol–water partition coefficient (Wildman–Crippen LogP) is 1.60. The lowest BCUT2D eigenvalue weighted by Gasteiger charge is -2.20. The first-order valence-electron chi connectivity index (χ1n) is 5.61. The maximum Gasteiger partial charge on any atom is 0.175 e. The molecule has 2 aromatic heterocycles. The average Bonchev–Trinajstić information content (AvgIpc) is 2.71. The molecule has 0 aromatic carbocycles. The van der Waals surface area contributed by atoms with Crippen molar-refractivity contribution < 1.29 is 12.9 Å². The molecule has 0 spiro atoms. The smallest absolute Gasteiger partial charge is 0.175 e. The molecule has 0 radical (unpaired) electrons. The molecule has 0 fully saturated rings. The van der Waals surface area contributed by atoms with Crippen LogP contribution in [0.15, 0.2) is 29.0 Å². The van der Waals surface area contributed by atoms with E-state index in [2.05, 4.69) is 10.1 Å². The summed E-state index contributed by atoms with van der Waals surface area (Å²) in [5, 5.41) is 3.68. The van der Waals surface area contributed by atoms with Crippen molar-refractivity contribution in [1.29, 1.82) is 0 Å². The van der Waals surface area contributed by atoms with Crippen molar-refractivity contribution in [3.05, 3.63) is 30.3 Å². The zero-order valence-electron chi connectivity index (χ0n) is 10.9. The van der Waals surface area contributed by atoms with E-state index >= 15 is 0 Å². The first kappa shape index (κ1) is 13.5. The molecule has 0 atom stereocenters. The third-order valence-corrected chi connectivity index (χ3v) is 5.18. The van der Waals surface area contributed by atoms with E-state index in [1.54, 1.807) is 38.4 Å². The van der Waals surface area contributed by atoms with Gasteiger partial charge in [-0.05, 0) is 19.9 Å². The molecule has 2 heterocycles. The summed E-state index contributed by atoms with van der Waals surface area (Å²) in [6, 6.07) is 3.51. The standard InChI is InChI=1S/C12H15N3O3S/c1-12(2,19(3,16)17)10-9(11(13)15-18-10)8-5-4-6-14-7-8/h4-7H,1-3H3,(H2,13,15). The van der Waals surface area contributed by atoms with Crippen LogP contribution in [0.5, 0.6) is 0 Å². The summed E-state index contributed by atoms with van der Waals surface area (Å²) in [5.41, 5.74) is 6.94. The number of rotatable bonds is 3. The van der Waals surface area contributed by atoms with E-state index in [9.17, 15) is 8.42 Å². The zero-order chi connectivity index (χ0) is 14.3. The van der Waals surface area contributed by atoms with E-state index in [-0.39, 0.29) is 11.6 Å². The lowest BCUT2D eigenvalue weighted by Crippen LogP contribution is -2.28. The van der Waals surface area contributed by atoms with Gasteiger partial charge in [-0.1, -0.05) is 11.2 Å². The molecule has 7 heteroatoms. The van der Waals surface area contributed by atoms with Crippen molar-refractivity contribution in [3.63, 3.8) is 0 Å². The summed E-state index contributed by atoms with van der Waals surface area (Å²) in [4.78, 5) is 3.99. The summed E-state index contributed by atoms with van der Waals surface area (Å²) >= 11 is 0. The van der Waals surface area contributed by atoms with E-state index in [0.29, 0.717) is 11.1 Å². The number of aromatic nitrogens is 2. The largest absolute Gasteiger partial charge is 0.380 e. The Labute approximate surface area is 111 Å². The Morgan fingerprint density at radius 1 is 1.37 bits per heavy atom. The number of nitrogen functional groups attached to an aromatic ring is 1. The molecule has 2 rings (SSSR count). The molecule has 0 amide bonds. The minimum atomic E-state index is -3.38. The second-order valence-electron chi connectivity index (χ2n) is 4.80. The van der Waals surface area contributed by atoms with Gasteiger partial charge in [-0.2, -0.15) is 0 Å². The summed E-state index contributed by atoms with van der Waals surface area (Å²) in [5.74, 6) is 0.375. The van der Waals surface area contributed by atoms with Crippen molar-refractivity contribution in [3.8, 4) is 11.1 Å². The van der Waals surface area contributed by atoms with Crippen LogP contribution in [-0.4, -0.2) is 24.8 Å². The van der Waals surface area contributed by atoms with E-state index in [1.807, 2.05) is 0 Å². The Morgan fingerprint density at radius 3 is 2.58 bits per heavy atom. The Balaban J connectivity index is 2.70. The summed E-state index contributed by atoms with van der Waals surface area (Å²) in [6.07, 6.45) is 4.36. The van der Waals surface area contributed by atoms with Crippen molar-refractivity contribution in [2.45, 2.75) is 18.6 Å². The van der Waals surface area contributed by atoms with Gasteiger partial charge in [0.2, 0.25) is 0 Å². The molecule has 0 aliphatic heterocycles. The molecule has 0 unspecified atom stereocenters. The second kappa shape index (κ2) is 4.34. The van der Waals surface area contributed by atoms with Gasteiger partial charge in [0.25, 0.3) is 0 Å². The van der Waals surface area contributed by atoms with Crippen molar-refractivity contribution >= 4 is 15.7 Å². The van der Waals surface area contributed by atoms with Gasteiger partial charge in [0.05, 0.1) is 5.56 Å². The monoisotopic (exact) mass is 281 g/mol. The molecule has 0 bridgehead atoms. The Kier molecular flexibility index (Phi) is 3.09. The topological polar surface area (TPSA) is 99.1 Å². The number of hydrogen-bond acceptors (Lipinski definition) is 6. The van der Waals surface area contributed by atoms with Gasteiger partial charge in [-0.25, -0.2) is 8.42 Å². The number of nitrogens with zero attached hydrogens (tertiary/aromatic N) is 2. The van der Waals surface area contributed by atoms with Crippen LogP contribution in [0, 0.1) is 0 Å². The van der Waals surface area contributed by atoms with Crippen molar-refractivity contribution in [2.24, 2.45) is 0 Å². The predicted molar refractivity (Wildman–Crippen MR) is 72.0 cm³/mol. The molecule has 0 aliphatic rings. The molecular formula is C12H15N3O3S. The third-order valence-electron chi connectivity index (χ3n) is 3.14. The molecule has 2 aromatic rings. The molecule has 19 heavy (non-hydrogen) atoms. The van der Waals surface area contributed by atoms with Crippen LogP contribution < -0.4 is 5.73 Å². The molecule has 0 saturated carbocycles. The summed E-state index contributed by atoms with van der Waals surface area (Å²) in [7, 11) is -3.38. The van der Waals surface area contributed by atoms with Crippen molar-refractivity contribution in [1.82, 2.24) is 10.1 Å². The van der Waals surface area contributed by atoms with Gasteiger partial charge in [-0.15, -0.1) is 0 Å². The summed E-state index contributed by atoms with van der Waals surface area (Å²) < 4.78 is 27.7. The quantitative estimate of drug-likeness (QED) is 0.917. The number of sulfone groups is 1. The van der Waals surface area contributed by atoms with Crippen LogP contribution in [0.2, 0.25) is 0 Å². The molecule has 102 valence electrons. The maximum absolute atomic E-state index is 11.9. The summed E-state index contributed by atoms with van der Waals surface area (Å²) in [6.45, 7) is 3.12. The van der Waals surface area contributed by atoms with Gasteiger partial charge in [0.1, 0.15) is 4.75 Å². The van der Waals surface area contributed by atoms with E-state index in [1.165, 1.54) is 0 Å². The third kappa shape index (κ3) is 2.21. The molecule has 0 saturated heterocycles. The fraction of sp³-hybridized carbons (Fsp3) is 0.333. The number of anilines is 1. The van der Waals surface area contributed by atoms with Gasteiger partial charge in [0, 0.05) is 24.2 Å². The highest BCUT2D eigenvalue weighted by Gasteiger charge is 2.39. The SMILES string of the molecule is CC(C)(c1onc(N)c1-c1cccnc1)S(C)(=O)=O. The highest BCUT2D eigenvalue weighted by molar-refractivity contribution is 7.91. The number of pyridine rings is 1. The van der Waals surface area contributed by atoms with Gasteiger partial charge in [0.15, 0.2) is 21.4 Å². The van der Waals surface area contributed by atoms with Gasteiger partial charge < -0.3 is 10.3 Å². The average molecular weight is 281 g/mol. The molecular weight excluding hydrogens is 266 g/mol. The van der Waals surface area contributed by atoms with Gasteiger partial charge in [-0.3, -0.25) is 4.98 Å². The lowest BCUT2D eigenvalue weighted by molar-refractivity contribution is 0.357. The van der Waals surface area contributed by atoms with Crippen LogP contribution in [-0.2, 0) is 14.6 Å². The normalized spacial score (nSPS) is 12.6.